The van der Waals surface area contributed by atoms with Crippen LogP contribution in [-0.2, 0) is 6.54 Å². The number of hydrogen-bond acceptors (Lipinski definition) is 7. The predicted molar refractivity (Wildman–Crippen MR) is 125 cm³/mol. The molecule has 4 rings (SSSR count). The van der Waals surface area contributed by atoms with Crippen molar-refractivity contribution in [3.05, 3.63) is 85.2 Å². The molecule has 2 aromatic heterocycles. The van der Waals surface area contributed by atoms with Crippen LogP contribution in [0.4, 0.5) is 5.69 Å². The zero-order chi connectivity index (χ0) is 24.4. The number of H-pyrrole nitrogens is 1. The van der Waals surface area contributed by atoms with Crippen molar-refractivity contribution in [1.29, 1.82) is 0 Å². The van der Waals surface area contributed by atoms with Crippen molar-refractivity contribution in [2.75, 3.05) is 6.54 Å². The molecule has 34 heavy (non-hydrogen) atoms. The van der Waals surface area contributed by atoms with Crippen molar-refractivity contribution < 1.29 is 9.72 Å². The fourth-order valence-electron chi connectivity index (χ4n) is 3.60. The largest absolute Gasteiger partial charge is 0.330 e. The molecule has 4 aromatic rings. The van der Waals surface area contributed by atoms with Crippen LogP contribution in [0.1, 0.15) is 35.4 Å². The summed E-state index contributed by atoms with van der Waals surface area (Å²) in [5.74, 6) is -0.0878. The number of carbonyl (C=O) groups excluding carboxylic acids is 1. The van der Waals surface area contributed by atoms with Crippen LogP contribution < -0.4 is 5.56 Å². The second-order valence-electron chi connectivity index (χ2n) is 7.61. The zero-order valence-electron chi connectivity index (χ0n) is 18.4. The van der Waals surface area contributed by atoms with Gasteiger partial charge in [0.2, 0.25) is 0 Å². The lowest BCUT2D eigenvalue weighted by atomic mass is 10.2. The second kappa shape index (κ2) is 9.40. The highest BCUT2D eigenvalue weighted by atomic mass is 35.5. The minimum atomic E-state index is -0.505. The van der Waals surface area contributed by atoms with Crippen molar-refractivity contribution in [2.24, 2.45) is 0 Å². The molecule has 0 aliphatic heterocycles. The number of aromatic amines is 1. The van der Waals surface area contributed by atoms with Crippen LogP contribution in [0.3, 0.4) is 0 Å². The molecule has 1 N–H and O–H groups in total. The van der Waals surface area contributed by atoms with Gasteiger partial charge in [-0.05, 0) is 37.6 Å². The zero-order valence-corrected chi connectivity index (χ0v) is 19.1. The van der Waals surface area contributed by atoms with Crippen molar-refractivity contribution in [3.63, 3.8) is 0 Å². The normalized spacial score (nSPS) is 11.0. The Balaban J connectivity index is 1.66. The number of amides is 1. The number of nitrogens with zero attached hydrogens (tertiary/aromatic N) is 6. The van der Waals surface area contributed by atoms with E-state index in [1.165, 1.54) is 27.8 Å². The van der Waals surface area contributed by atoms with E-state index in [9.17, 15) is 19.7 Å². The average molecular weight is 482 g/mol. The predicted octanol–water partition coefficient (Wildman–Crippen LogP) is 3.43. The van der Waals surface area contributed by atoms with E-state index in [-0.39, 0.29) is 23.5 Å². The number of rotatable bonds is 7. The van der Waals surface area contributed by atoms with Crippen LogP contribution in [0, 0.1) is 17.0 Å². The van der Waals surface area contributed by atoms with Crippen LogP contribution in [0.25, 0.3) is 16.6 Å². The van der Waals surface area contributed by atoms with Gasteiger partial charge in [0.05, 0.1) is 33.8 Å². The molecule has 0 atom stereocenters. The Kier molecular flexibility index (Phi) is 6.37. The van der Waals surface area contributed by atoms with Crippen molar-refractivity contribution in [3.8, 4) is 5.69 Å². The average Bonchev–Trinajstić information content (AvgIpc) is 3.19. The Labute approximate surface area is 198 Å². The van der Waals surface area contributed by atoms with Crippen molar-refractivity contribution in [2.45, 2.75) is 26.8 Å². The quantitative estimate of drug-likeness (QED) is 0.315. The molecule has 0 radical (unpaired) electrons. The molecule has 1 amide bonds. The number of non-ortho nitro benzene ring substituents is 1. The van der Waals surface area contributed by atoms with E-state index in [4.69, 9.17) is 11.6 Å². The highest BCUT2D eigenvalue weighted by Gasteiger charge is 2.24. The van der Waals surface area contributed by atoms with Crippen LogP contribution in [0.5, 0.6) is 0 Å². The summed E-state index contributed by atoms with van der Waals surface area (Å²) in [6.07, 6.45) is 0.660. The number of aromatic nitrogens is 5. The number of benzene rings is 2. The van der Waals surface area contributed by atoms with Crippen LogP contribution >= 0.6 is 11.6 Å². The van der Waals surface area contributed by atoms with Gasteiger partial charge in [0.25, 0.3) is 17.2 Å². The first-order valence-corrected chi connectivity index (χ1v) is 10.8. The second-order valence-corrected chi connectivity index (χ2v) is 8.05. The lowest BCUT2D eigenvalue weighted by molar-refractivity contribution is -0.384. The fourth-order valence-corrected chi connectivity index (χ4v) is 3.77. The Morgan fingerprint density at radius 3 is 2.79 bits per heavy atom. The summed E-state index contributed by atoms with van der Waals surface area (Å²) in [5.41, 5.74) is 0.956. The lowest BCUT2D eigenvalue weighted by Crippen LogP contribution is -2.33. The molecule has 0 saturated heterocycles. The third kappa shape index (κ3) is 4.50. The van der Waals surface area contributed by atoms with Crippen LogP contribution in [-0.4, -0.2) is 47.2 Å². The topological polar surface area (TPSA) is 140 Å². The molecule has 0 bridgehead atoms. The van der Waals surface area contributed by atoms with E-state index in [0.29, 0.717) is 46.1 Å². The smallest absolute Gasteiger partial charge is 0.276 e. The molecule has 0 unspecified atom stereocenters. The van der Waals surface area contributed by atoms with Gasteiger partial charge >= 0.3 is 0 Å². The molecular weight excluding hydrogens is 462 g/mol. The first-order chi connectivity index (χ1) is 16.3. The standard InChI is InChI=1S/C22H20ClN7O4/c1-3-9-28(12-19-24-18-10-14(23)7-8-17(18)21(31)25-19)22(32)20-13(2)29(27-26-20)15-5-4-6-16(11-15)30(33)34/h4-8,10-11H,3,9,12H2,1-2H3,(H,24,25,31). The first kappa shape index (κ1) is 23.1. The molecule has 0 fully saturated rings. The van der Waals surface area contributed by atoms with Gasteiger partial charge in [-0.25, -0.2) is 9.67 Å². The Hall–Kier alpha value is -4.12. The molecule has 2 aromatic carbocycles. The molecule has 11 nitrogen and oxygen atoms in total. The number of carbonyl (C=O) groups is 1. The molecule has 2 heterocycles. The molecule has 0 spiro atoms. The molecule has 174 valence electrons. The maximum Gasteiger partial charge on any atom is 0.276 e. The van der Waals surface area contributed by atoms with E-state index < -0.39 is 10.8 Å². The van der Waals surface area contributed by atoms with Gasteiger partial charge in [-0.3, -0.25) is 19.7 Å². The van der Waals surface area contributed by atoms with Crippen molar-refractivity contribution in [1.82, 2.24) is 29.9 Å². The van der Waals surface area contributed by atoms with E-state index in [2.05, 4.69) is 20.3 Å². The number of nitro groups is 1. The van der Waals surface area contributed by atoms with Gasteiger partial charge in [0.1, 0.15) is 5.82 Å². The monoisotopic (exact) mass is 481 g/mol. The van der Waals surface area contributed by atoms with E-state index in [1.54, 1.807) is 31.2 Å². The number of fused-ring (bicyclic) bond motifs is 1. The van der Waals surface area contributed by atoms with Crippen LogP contribution in [0.15, 0.2) is 47.3 Å². The molecule has 12 heteroatoms. The van der Waals surface area contributed by atoms with E-state index in [0.717, 1.165) is 0 Å². The number of nitro benzene ring substituents is 1. The fraction of sp³-hybridized carbons (Fsp3) is 0.227. The molecular formula is C22H20ClN7O4. The molecule has 0 aliphatic carbocycles. The third-order valence-electron chi connectivity index (χ3n) is 5.22. The van der Waals surface area contributed by atoms with Crippen LogP contribution in [0.2, 0.25) is 5.02 Å². The van der Waals surface area contributed by atoms with Gasteiger partial charge in [0.15, 0.2) is 5.69 Å². The Morgan fingerprint density at radius 1 is 1.26 bits per heavy atom. The summed E-state index contributed by atoms with van der Waals surface area (Å²) in [7, 11) is 0. The van der Waals surface area contributed by atoms with E-state index in [1.807, 2.05) is 6.92 Å². The Morgan fingerprint density at radius 2 is 2.06 bits per heavy atom. The highest BCUT2D eigenvalue weighted by molar-refractivity contribution is 6.31. The summed E-state index contributed by atoms with van der Waals surface area (Å²) in [5, 5.41) is 20.0. The first-order valence-electron chi connectivity index (χ1n) is 10.4. The lowest BCUT2D eigenvalue weighted by Gasteiger charge is -2.21. The number of nitrogens with one attached hydrogen (secondary N) is 1. The summed E-state index contributed by atoms with van der Waals surface area (Å²) < 4.78 is 1.38. The van der Waals surface area contributed by atoms with Gasteiger partial charge in [-0.2, -0.15) is 0 Å². The van der Waals surface area contributed by atoms with E-state index >= 15 is 0 Å². The summed E-state index contributed by atoms with van der Waals surface area (Å²) in [4.78, 5) is 45.1. The number of hydrogen-bond donors (Lipinski definition) is 1. The maximum absolute atomic E-state index is 13.3. The minimum absolute atomic E-state index is 0.0491. The Bertz CT molecular complexity index is 1460. The third-order valence-corrected chi connectivity index (χ3v) is 5.46. The SMILES string of the molecule is CCCN(Cc1nc2cc(Cl)ccc2c(=O)[nH]1)C(=O)c1nnn(-c2cccc([N+](=O)[O-])c2)c1C. The van der Waals surface area contributed by atoms with Gasteiger partial charge in [-0.15, -0.1) is 5.10 Å². The highest BCUT2D eigenvalue weighted by Crippen LogP contribution is 2.20. The summed E-state index contributed by atoms with van der Waals surface area (Å²) in [6, 6.07) is 10.7. The maximum atomic E-state index is 13.3. The summed E-state index contributed by atoms with van der Waals surface area (Å²) >= 11 is 6.04. The van der Waals surface area contributed by atoms with Gasteiger partial charge in [-0.1, -0.05) is 29.8 Å². The summed E-state index contributed by atoms with van der Waals surface area (Å²) in [6.45, 7) is 4.02. The number of halogens is 1. The van der Waals surface area contributed by atoms with Crippen molar-refractivity contribution >= 4 is 34.1 Å². The minimum Gasteiger partial charge on any atom is -0.330 e. The molecule has 0 aliphatic rings. The van der Waals surface area contributed by atoms with Gasteiger partial charge < -0.3 is 9.88 Å². The van der Waals surface area contributed by atoms with Gasteiger partial charge in [0, 0.05) is 23.7 Å². The molecule has 0 saturated carbocycles.